The van der Waals surface area contributed by atoms with Gasteiger partial charge in [-0.15, -0.1) is 0 Å². The monoisotopic (exact) mass is 282 g/mol. The van der Waals surface area contributed by atoms with Crippen molar-refractivity contribution in [2.75, 3.05) is 11.1 Å². The van der Waals surface area contributed by atoms with Gasteiger partial charge in [0.1, 0.15) is 0 Å². The van der Waals surface area contributed by atoms with E-state index < -0.39 is 5.97 Å². The number of nitrogen functional groups attached to an aromatic ring is 1. The summed E-state index contributed by atoms with van der Waals surface area (Å²) in [4.78, 5) is 11.0. The number of nitrogens with one attached hydrogen (secondary N) is 1. The maximum atomic E-state index is 11.0. The smallest absolute Gasteiger partial charge is 0.337 e. The van der Waals surface area contributed by atoms with E-state index in [1.165, 1.54) is 11.1 Å². The number of hydrogen-bond acceptors (Lipinski definition) is 3. The number of benzene rings is 2. The molecule has 1 aliphatic rings. The predicted octanol–water partition coefficient (Wildman–Crippen LogP) is 3.46. The number of aromatic carboxylic acids is 1. The fourth-order valence-electron chi connectivity index (χ4n) is 2.95. The molecule has 108 valence electrons. The molecule has 0 saturated heterocycles. The fourth-order valence-corrected chi connectivity index (χ4v) is 2.95. The van der Waals surface area contributed by atoms with Crippen molar-refractivity contribution in [3.63, 3.8) is 0 Å². The highest BCUT2D eigenvalue weighted by atomic mass is 16.4. The van der Waals surface area contributed by atoms with Crippen molar-refractivity contribution in [3.05, 3.63) is 59.2 Å². The van der Waals surface area contributed by atoms with Crippen LogP contribution in [0.25, 0.3) is 0 Å². The molecule has 21 heavy (non-hydrogen) atoms. The van der Waals surface area contributed by atoms with Gasteiger partial charge in [-0.2, -0.15) is 0 Å². The quantitative estimate of drug-likeness (QED) is 0.754. The van der Waals surface area contributed by atoms with Crippen molar-refractivity contribution in [1.82, 2.24) is 0 Å². The Morgan fingerprint density at radius 3 is 2.81 bits per heavy atom. The SMILES string of the molecule is Nc1cc(NC2CCCc3ccccc32)ccc1C(=O)O. The van der Waals surface area contributed by atoms with Crippen molar-refractivity contribution < 1.29 is 9.90 Å². The van der Waals surface area contributed by atoms with Crippen LogP contribution in [0.2, 0.25) is 0 Å². The Morgan fingerprint density at radius 1 is 1.24 bits per heavy atom. The molecule has 0 spiro atoms. The van der Waals surface area contributed by atoms with Crippen LogP contribution < -0.4 is 11.1 Å². The maximum absolute atomic E-state index is 11.0. The molecule has 2 aromatic rings. The summed E-state index contributed by atoms with van der Waals surface area (Å²) >= 11 is 0. The predicted molar refractivity (Wildman–Crippen MR) is 83.6 cm³/mol. The van der Waals surface area contributed by atoms with E-state index in [1.807, 2.05) is 0 Å². The average Bonchev–Trinajstić information content (AvgIpc) is 2.47. The summed E-state index contributed by atoms with van der Waals surface area (Å²) in [7, 11) is 0. The number of nitrogens with two attached hydrogens (primary N) is 1. The lowest BCUT2D eigenvalue weighted by Gasteiger charge is -2.27. The molecule has 0 heterocycles. The molecule has 0 amide bonds. The van der Waals surface area contributed by atoms with Crippen LogP contribution >= 0.6 is 0 Å². The second-order valence-corrected chi connectivity index (χ2v) is 5.40. The van der Waals surface area contributed by atoms with Crippen LogP contribution in [-0.4, -0.2) is 11.1 Å². The van der Waals surface area contributed by atoms with Gasteiger partial charge in [0.25, 0.3) is 0 Å². The summed E-state index contributed by atoms with van der Waals surface area (Å²) in [6, 6.07) is 13.7. The Hall–Kier alpha value is -2.49. The first kappa shape index (κ1) is 13.5. The topological polar surface area (TPSA) is 75.3 Å². The minimum atomic E-state index is -0.998. The third-order valence-corrected chi connectivity index (χ3v) is 3.99. The molecule has 4 nitrogen and oxygen atoms in total. The van der Waals surface area contributed by atoms with Gasteiger partial charge in [-0.3, -0.25) is 0 Å². The van der Waals surface area contributed by atoms with Gasteiger partial charge in [-0.1, -0.05) is 24.3 Å². The van der Waals surface area contributed by atoms with Crippen molar-refractivity contribution in [3.8, 4) is 0 Å². The molecule has 0 bridgehead atoms. The second kappa shape index (κ2) is 5.48. The van der Waals surface area contributed by atoms with Crippen molar-refractivity contribution in [1.29, 1.82) is 0 Å². The molecular formula is C17H18N2O2. The zero-order valence-electron chi connectivity index (χ0n) is 11.7. The largest absolute Gasteiger partial charge is 0.478 e. The zero-order valence-corrected chi connectivity index (χ0v) is 11.7. The summed E-state index contributed by atoms with van der Waals surface area (Å²) in [6.45, 7) is 0. The molecule has 4 heteroatoms. The van der Waals surface area contributed by atoms with Gasteiger partial charge in [0.2, 0.25) is 0 Å². The van der Waals surface area contributed by atoms with Crippen molar-refractivity contribution in [2.24, 2.45) is 0 Å². The van der Waals surface area contributed by atoms with E-state index in [-0.39, 0.29) is 17.3 Å². The molecule has 0 aromatic heterocycles. The van der Waals surface area contributed by atoms with Crippen LogP contribution in [-0.2, 0) is 6.42 Å². The number of fused-ring (bicyclic) bond motifs is 1. The number of carboxylic acid groups (broad SMARTS) is 1. The van der Waals surface area contributed by atoms with E-state index in [0.29, 0.717) is 0 Å². The van der Waals surface area contributed by atoms with Crippen LogP contribution in [0.1, 0.15) is 40.4 Å². The second-order valence-electron chi connectivity index (χ2n) is 5.40. The van der Waals surface area contributed by atoms with Gasteiger partial charge in [0.05, 0.1) is 11.6 Å². The molecule has 2 aromatic carbocycles. The molecular weight excluding hydrogens is 264 g/mol. The first-order valence-electron chi connectivity index (χ1n) is 7.12. The summed E-state index contributed by atoms with van der Waals surface area (Å²) in [6.07, 6.45) is 3.34. The van der Waals surface area contributed by atoms with Gasteiger partial charge < -0.3 is 16.2 Å². The summed E-state index contributed by atoms with van der Waals surface area (Å²) in [5, 5.41) is 12.5. The summed E-state index contributed by atoms with van der Waals surface area (Å²) in [5.74, 6) is -0.998. The number of anilines is 2. The molecule has 4 N–H and O–H groups in total. The Morgan fingerprint density at radius 2 is 2.05 bits per heavy atom. The zero-order chi connectivity index (χ0) is 14.8. The first-order valence-corrected chi connectivity index (χ1v) is 7.12. The van der Waals surface area contributed by atoms with Crippen LogP contribution in [0.3, 0.4) is 0 Å². The minimum Gasteiger partial charge on any atom is -0.478 e. The molecule has 1 atom stereocenters. The number of hydrogen-bond donors (Lipinski definition) is 3. The molecule has 0 saturated carbocycles. The highest BCUT2D eigenvalue weighted by Crippen LogP contribution is 2.33. The van der Waals surface area contributed by atoms with Gasteiger partial charge >= 0.3 is 5.97 Å². The van der Waals surface area contributed by atoms with E-state index in [1.54, 1.807) is 18.2 Å². The normalized spacial score (nSPS) is 17.0. The first-order chi connectivity index (χ1) is 10.1. The third kappa shape index (κ3) is 2.70. The highest BCUT2D eigenvalue weighted by molar-refractivity contribution is 5.94. The molecule has 0 fully saturated rings. The maximum Gasteiger partial charge on any atom is 0.337 e. The lowest BCUT2D eigenvalue weighted by atomic mass is 9.87. The highest BCUT2D eigenvalue weighted by Gasteiger charge is 2.19. The standard InChI is InChI=1S/C17H18N2O2/c18-15-10-12(8-9-14(15)17(20)21)19-16-7-3-5-11-4-1-2-6-13(11)16/h1-2,4,6,8-10,16,19H,3,5,7,18H2,(H,20,21). The van der Waals surface area contributed by atoms with E-state index in [4.69, 9.17) is 10.8 Å². The van der Waals surface area contributed by atoms with E-state index in [2.05, 4.69) is 29.6 Å². The fraction of sp³-hybridized carbons (Fsp3) is 0.235. The van der Waals surface area contributed by atoms with Crippen LogP contribution in [0, 0.1) is 0 Å². The van der Waals surface area contributed by atoms with Crippen molar-refractivity contribution in [2.45, 2.75) is 25.3 Å². The molecule has 3 rings (SSSR count). The Labute approximate surface area is 123 Å². The van der Waals surface area contributed by atoms with E-state index in [9.17, 15) is 4.79 Å². The van der Waals surface area contributed by atoms with E-state index >= 15 is 0 Å². The van der Waals surface area contributed by atoms with Crippen LogP contribution in [0.5, 0.6) is 0 Å². The average molecular weight is 282 g/mol. The number of aryl methyl sites for hydroxylation is 1. The Bertz CT molecular complexity index is 682. The van der Waals surface area contributed by atoms with Gasteiger partial charge in [0, 0.05) is 11.4 Å². The van der Waals surface area contributed by atoms with Gasteiger partial charge in [0.15, 0.2) is 0 Å². The molecule has 0 radical (unpaired) electrons. The molecule has 1 unspecified atom stereocenters. The number of rotatable bonds is 3. The summed E-state index contributed by atoms with van der Waals surface area (Å²) < 4.78 is 0. The Balaban J connectivity index is 1.85. The minimum absolute atomic E-state index is 0.143. The van der Waals surface area contributed by atoms with Gasteiger partial charge in [-0.25, -0.2) is 4.79 Å². The lowest BCUT2D eigenvalue weighted by Crippen LogP contribution is -2.17. The number of carboxylic acids is 1. The number of carbonyl (C=O) groups is 1. The van der Waals surface area contributed by atoms with Gasteiger partial charge in [-0.05, 0) is 48.6 Å². The third-order valence-electron chi connectivity index (χ3n) is 3.99. The van der Waals surface area contributed by atoms with E-state index in [0.717, 1.165) is 24.9 Å². The summed E-state index contributed by atoms with van der Waals surface area (Å²) in [5.41, 5.74) is 9.80. The molecule has 0 aliphatic heterocycles. The lowest BCUT2D eigenvalue weighted by molar-refractivity contribution is 0.0698. The van der Waals surface area contributed by atoms with Crippen LogP contribution in [0.4, 0.5) is 11.4 Å². The van der Waals surface area contributed by atoms with Crippen LogP contribution in [0.15, 0.2) is 42.5 Å². The Kier molecular flexibility index (Phi) is 3.52. The molecule has 1 aliphatic carbocycles. The van der Waals surface area contributed by atoms with Crippen molar-refractivity contribution >= 4 is 17.3 Å².